The van der Waals surface area contributed by atoms with Gasteiger partial charge in [-0.05, 0) is 31.2 Å². The SMILES string of the molecule is CC(O)Cc1cc2cc(C(F)(F)F)ccc2[nH]1. The molecule has 1 heterocycles. The molecule has 1 aromatic carbocycles. The maximum atomic E-state index is 12.5. The number of rotatable bonds is 2. The van der Waals surface area contributed by atoms with Gasteiger partial charge in [0.15, 0.2) is 0 Å². The van der Waals surface area contributed by atoms with Crippen LogP contribution in [0.25, 0.3) is 10.9 Å². The summed E-state index contributed by atoms with van der Waals surface area (Å²) in [6, 6.07) is 5.20. The molecule has 1 atom stereocenters. The lowest BCUT2D eigenvalue weighted by atomic mass is 10.1. The molecule has 0 aliphatic carbocycles. The fourth-order valence-corrected chi connectivity index (χ4v) is 1.80. The van der Waals surface area contributed by atoms with Crippen molar-refractivity contribution >= 4 is 10.9 Å². The van der Waals surface area contributed by atoms with Gasteiger partial charge >= 0.3 is 6.18 Å². The Hall–Kier alpha value is -1.49. The molecule has 0 amide bonds. The van der Waals surface area contributed by atoms with Crippen LogP contribution in [-0.4, -0.2) is 16.2 Å². The largest absolute Gasteiger partial charge is 0.416 e. The molecule has 2 nitrogen and oxygen atoms in total. The van der Waals surface area contributed by atoms with Gasteiger partial charge < -0.3 is 10.1 Å². The van der Waals surface area contributed by atoms with Crippen LogP contribution in [0.3, 0.4) is 0 Å². The Morgan fingerprint density at radius 1 is 1.29 bits per heavy atom. The van der Waals surface area contributed by atoms with Crippen LogP contribution in [0.1, 0.15) is 18.2 Å². The van der Waals surface area contributed by atoms with E-state index in [9.17, 15) is 18.3 Å². The minimum Gasteiger partial charge on any atom is -0.393 e. The van der Waals surface area contributed by atoms with Gasteiger partial charge in [0.1, 0.15) is 0 Å². The normalized spacial score (nSPS) is 14.2. The number of halogens is 3. The zero-order valence-electron chi connectivity index (χ0n) is 9.17. The highest BCUT2D eigenvalue weighted by atomic mass is 19.4. The summed E-state index contributed by atoms with van der Waals surface area (Å²) < 4.78 is 37.4. The molecule has 2 N–H and O–H groups in total. The molecule has 0 saturated heterocycles. The number of benzene rings is 1. The monoisotopic (exact) mass is 243 g/mol. The van der Waals surface area contributed by atoms with Gasteiger partial charge in [0.05, 0.1) is 11.7 Å². The van der Waals surface area contributed by atoms with Crippen LogP contribution in [-0.2, 0) is 12.6 Å². The second-order valence-corrected chi connectivity index (χ2v) is 4.15. The van der Waals surface area contributed by atoms with Gasteiger partial charge in [0.25, 0.3) is 0 Å². The Balaban J connectivity index is 2.41. The molecule has 92 valence electrons. The molecule has 0 bridgehead atoms. The highest BCUT2D eigenvalue weighted by Crippen LogP contribution is 2.31. The van der Waals surface area contributed by atoms with Crippen LogP contribution in [0, 0.1) is 0 Å². The number of aromatic nitrogens is 1. The molecule has 0 fully saturated rings. The zero-order valence-corrected chi connectivity index (χ0v) is 9.17. The Bertz CT molecular complexity index is 528. The number of hydrogen-bond donors (Lipinski definition) is 2. The lowest BCUT2D eigenvalue weighted by Crippen LogP contribution is -2.03. The molecule has 17 heavy (non-hydrogen) atoms. The summed E-state index contributed by atoms with van der Waals surface area (Å²) in [7, 11) is 0. The summed E-state index contributed by atoms with van der Waals surface area (Å²) in [5.74, 6) is 0. The molecule has 1 unspecified atom stereocenters. The lowest BCUT2D eigenvalue weighted by Gasteiger charge is -2.05. The van der Waals surface area contributed by atoms with E-state index < -0.39 is 17.8 Å². The minimum absolute atomic E-state index is 0.399. The fraction of sp³-hybridized carbons (Fsp3) is 0.333. The van der Waals surface area contributed by atoms with E-state index in [1.54, 1.807) is 13.0 Å². The van der Waals surface area contributed by atoms with Gasteiger partial charge in [-0.15, -0.1) is 0 Å². The molecule has 5 heteroatoms. The predicted octanol–water partition coefficient (Wildman–Crippen LogP) is 3.11. The summed E-state index contributed by atoms with van der Waals surface area (Å²) in [4.78, 5) is 2.98. The van der Waals surface area contributed by atoms with E-state index in [4.69, 9.17) is 0 Å². The van der Waals surface area contributed by atoms with E-state index in [-0.39, 0.29) is 0 Å². The number of fused-ring (bicyclic) bond motifs is 1. The van der Waals surface area contributed by atoms with Crippen molar-refractivity contribution in [3.63, 3.8) is 0 Å². The maximum Gasteiger partial charge on any atom is 0.416 e. The molecular weight excluding hydrogens is 231 g/mol. The van der Waals surface area contributed by atoms with Crippen LogP contribution in [0.15, 0.2) is 24.3 Å². The molecule has 1 aromatic heterocycles. The minimum atomic E-state index is -4.32. The van der Waals surface area contributed by atoms with Crippen molar-refractivity contribution in [2.75, 3.05) is 0 Å². The Labute approximate surface area is 96.1 Å². The van der Waals surface area contributed by atoms with Crippen molar-refractivity contribution < 1.29 is 18.3 Å². The lowest BCUT2D eigenvalue weighted by molar-refractivity contribution is -0.137. The molecule has 2 rings (SSSR count). The summed E-state index contributed by atoms with van der Waals surface area (Å²) in [5, 5.41) is 9.72. The highest BCUT2D eigenvalue weighted by molar-refractivity contribution is 5.81. The maximum absolute atomic E-state index is 12.5. The second kappa shape index (κ2) is 4.07. The topological polar surface area (TPSA) is 36.0 Å². The van der Waals surface area contributed by atoms with E-state index >= 15 is 0 Å². The highest BCUT2D eigenvalue weighted by Gasteiger charge is 2.30. The molecule has 0 spiro atoms. The Kier molecular flexibility index (Phi) is 2.87. The number of aliphatic hydroxyl groups excluding tert-OH is 1. The van der Waals surface area contributed by atoms with Gasteiger partial charge in [-0.1, -0.05) is 0 Å². The number of aliphatic hydroxyl groups is 1. The third-order valence-corrected chi connectivity index (χ3v) is 2.52. The zero-order chi connectivity index (χ0) is 12.6. The van der Waals surface area contributed by atoms with Gasteiger partial charge in [-0.2, -0.15) is 13.2 Å². The van der Waals surface area contributed by atoms with E-state index in [0.29, 0.717) is 17.3 Å². The number of alkyl halides is 3. The van der Waals surface area contributed by atoms with E-state index in [1.165, 1.54) is 6.07 Å². The first-order valence-corrected chi connectivity index (χ1v) is 5.23. The van der Waals surface area contributed by atoms with E-state index in [2.05, 4.69) is 4.98 Å². The van der Waals surface area contributed by atoms with Crippen molar-refractivity contribution in [3.05, 3.63) is 35.5 Å². The van der Waals surface area contributed by atoms with Crippen LogP contribution in [0.5, 0.6) is 0 Å². The van der Waals surface area contributed by atoms with Crippen molar-refractivity contribution in [1.29, 1.82) is 0 Å². The van der Waals surface area contributed by atoms with Crippen molar-refractivity contribution in [2.24, 2.45) is 0 Å². The molecule has 0 aliphatic rings. The Morgan fingerprint density at radius 3 is 2.59 bits per heavy atom. The molecule has 2 aromatic rings. The standard InChI is InChI=1S/C12H12F3NO/c1-7(17)4-10-6-8-5-9(12(13,14)15)2-3-11(8)16-10/h2-3,5-7,16-17H,4H2,1H3. The third-order valence-electron chi connectivity index (χ3n) is 2.52. The average Bonchev–Trinajstić information content (AvgIpc) is 2.55. The number of nitrogens with one attached hydrogen (secondary N) is 1. The summed E-state index contributed by atoms with van der Waals surface area (Å²) in [6.45, 7) is 1.63. The third kappa shape index (κ3) is 2.61. The van der Waals surface area contributed by atoms with Crippen LogP contribution < -0.4 is 0 Å². The fourth-order valence-electron chi connectivity index (χ4n) is 1.80. The Morgan fingerprint density at radius 2 is 2.00 bits per heavy atom. The number of hydrogen-bond acceptors (Lipinski definition) is 1. The first-order valence-electron chi connectivity index (χ1n) is 5.23. The molecular formula is C12H12F3NO. The van der Waals surface area contributed by atoms with Crippen LogP contribution >= 0.6 is 0 Å². The summed E-state index contributed by atoms with van der Waals surface area (Å²) in [6.07, 6.45) is -4.45. The smallest absolute Gasteiger partial charge is 0.393 e. The van der Waals surface area contributed by atoms with E-state index in [1.807, 2.05) is 0 Å². The van der Waals surface area contributed by atoms with E-state index in [0.717, 1.165) is 17.8 Å². The average molecular weight is 243 g/mol. The van der Waals surface area contributed by atoms with Gasteiger partial charge in [-0.3, -0.25) is 0 Å². The summed E-state index contributed by atoms with van der Waals surface area (Å²) >= 11 is 0. The first-order chi connectivity index (χ1) is 7.86. The van der Waals surface area contributed by atoms with Gasteiger partial charge in [0.2, 0.25) is 0 Å². The predicted molar refractivity (Wildman–Crippen MR) is 58.7 cm³/mol. The molecule has 0 radical (unpaired) electrons. The van der Waals surface area contributed by atoms with Crippen molar-refractivity contribution in [3.8, 4) is 0 Å². The van der Waals surface area contributed by atoms with Crippen molar-refractivity contribution in [1.82, 2.24) is 4.98 Å². The number of aromatic amines is 1. The second-order valence-electron chi connectivity index (χ2n) is 4.15. The van der Waals surface area contributed by atoms with Gasteiger partial charge in [-0.25, -0.2) is 0 Å². The summed E-state index contributed by atoms with van der Waals surface area (Å²) in [5.41, 5.74) is 0.718. The number of H-pyrrole nitrogens is 1. The first kappa shape index (κ1) is 12.0. The van der Waals surface area contributed by atoms with Gasteiger partial charge in [0, 0.05) is 23.0 Å². The quantitative estimate of drug-likeness (QED) is 0.835. The van der Waals surface area contributed by atoms with Crippen LogP contribution in [0.2, 0.25) is 0 Å². The molecule has 0 aliphatic heterocycles. The van der Waals surface area contributed by atoms with Crippen molar-refractivity contribution in [2.45, 2.75) is 25.6 Å². The van der Waals surface area contributed by atoms with Crippen LogP contribution in [0.4, 0.5) is 13.2 Å². The molecule has 0 saturated carbocycles.